The molecule has 0 unspecified atom stereocenters. The van der Waals surface area contributed by atoms with E-state index in [1.54, 1.807) is 4.90 Å². The monoisotopic (exact) mass is 287 g/mol. The first-order valence-corrected chi connectivity index (χ1v) is 7.65. The minimum Gasteiger partial charge on any atom is -0.329 e. The molecule has 5 heteroatoms. The van der Waals surface area contributed by atoms with Crippen molar-refractivity contribution in [2.24, 2.45) is 0 Å². The fourth-order valence-electron chi connectivity index (χ4n) is 3.15. The third-order valence-corrected chi connectivity index (χ3v) is 4.24. The zero-order valence-electron chi connectivity index (χ0n) is 12.0. The summed E-state index contributed by atoms with van der Waals surface area (Å²) in [6.45, 7) is 1.58. The highest BCUT2D eigenvalue weighted by molar-refractivity contribution is 5.98. The number of amides is 2. The fraction of sp³-hybridized carbons (Fsp3) is 0.500. The SMILES string of the molecule is O=C(Nc1ccccc1)[C@H]1CCCN1C(=O)[C@@H]1CCCN1. The van der Waals surface area contributed by atoms with Crippen LogP contribution in [0.15, 0.2) is 30.3 Å². The van der Waals surface area contributed by atoms with Gasteiger partial charge in [0, 0.05) is 12.2 Å². The molecule has 0 aliphatic carbocycles. The van der Waals surface area contributed by atoms with E-state index < -0.39 is 0 Å². The van der Waals surface area contributed by atoms with E-state index in [0.717, 1.165) is 37.9 Å². The van der Waals surface area contributed by atoms with Crippen molar-refractivity contribution in [2.45, 2.75) is 37.8 Å². The Hall–Kier alpha value is -1.88. The predicted molar refractivity (Wildman–Crippen MR) is 80.8 cm³/mol. The van der Waals surface area contributed by atoms with E-state index in [9.17, 15) is 9.59 Å². The Morgan fingerprint density at radius 3 is 2.67 bits per heavy atom. The Kier molecular flexibility index (Phi) is 4.20. The van der Waals surface area contributed by atoms with Crippen molar-refractivity contribution in [1.29, 1.82) is 0 Å². The van der Waals surface area contributed by atoms with Gasteiger partial charge in [0.1, 0.15) is 6.04 Å². The molecule has 0 saturated carbocycles. The molecule has 0 aromatic heterocycles. The summed E-state index contributed by atoms with van der Waals surface area (Å²) in [5.41, 5.74) is 0.779. The van der Waals surface area contributed by atoms with Gasteiger partial charge in [0.25, 0.3) is 0 Å². The molecule has 0 radical (unpaired) electrons. The van der Waals surface area contributed by atoms with Crippen molar-refractivity contribution in [3.05, 3.63) is 30.3 Å². The van der Waals surface area contributed by atoms with Gasteiger partial charge in [-0.05, 0) is 44.4 Å². The van der Waals surface area contributed by atoms with Crippen molar-refractivity contribution in [3.63, 3.8) is 0 Å². The molecule has 1 aromatic carbocycles. The van der Waals surface area contributed by atoms with E-state index >= 15 is 0 Å². The molecule has 2 amide bonds. The van der Waals surface area contributed by atoms with Gasteiger partial charge >= 0.3 is 0 Å². The quantitative estimate of drug-likeness (QED) is 0.882. The van der Waals surface area contributed by atoms with Crippen LogP contribution in [0.25, 0.3) is 0 Å². The smallest absolute Gasteiger partial charge is 0.247 e. The van der Waals surface area contributed by atoms with Gasteiger partial charge in [-0.25, -0.2) is 0 Å². The molecule has 0 spiro atoms. The lowest BCUT2D eigenvalue weighted by molar-refractivity contribution is -0.138. The summed E-state index contributed by atoms with van der Waals surface area (Å²) >= 11 is 0. The molecular formula is C16H21N3O2. The summed E-state index contributed by atoms with van der Waals surface area (Å²) in [6.07, 6.45) is 3.55. The van der Waals surface area contributed by atoms with Crippen LogP contribution in [0.5, 0.6) is 0 Å². The number of benzene rings is 1. The van der Waals surface area contributed by atoms with Crippen LogP contribution in [0.4, 0.5) is 5.69 Å². The first-order valence-electron chi connectivity index (χ1n) is 7.65. The molecule has 112 valence electrons. The Bertz CT molecular complexity index is 512. The molecule has 1 aromatic rings. The normalized spacial score (nSPS) is 25.0. The number of nitrogens with one attached hydrogen (secondary N) is 2. The molecule has 2 saturated heterocycles. The highest BCUT2D eigenvalue weighted by Crippen LogP contribution is 2.22. The lowest BCUT2D eigenvalue weighted by atomic mass is 10.1. The van der Waals surface area contributed by atoms with Gasteiger partial charge in [0.15, 0.2) is 0 Å². The number of carbonyl (C=O) groups is 2. The second-order valence-corrected chi connectivity index (χ2v) is 5.69. The Morgan fingerprint density at radius 2 is 1.95 bits per heavy atom. The highest BCUT2D eigenvalue weighted by atomic mass is 16.2. The van der Waals surface area contributed by atoms with Crippen molar-refractivity contribution in [2.75, 3.05) is 18.4 Å². The summed E-state index contributed by atoms with van der Waals surface area (Å²) in [5, 5.41) is 6.13. The summed E-state index contributed by atoms with van der Waals surface area (Å²) in [5.74, 6) is 0.00302. The number of hydrogen-bond acceptors (Lipinski definition) is 3. The van der Waals surface area contributed by atoms with Crippen molar-refractivity contribution in [3.8, 4) is 0 Å². The summed E-state index contributed by atoms with van der Waals surface area (Å²) in [7, 11) is 0. The van der Waals surface area contributed by atoms with E-state index in [1.807, 2.05) is 30.3 Å². The number of hydrogen-bond donors (Lipinski definition) is 2. The number of likely N-dealkylation sites (tertiary alicyclic amines) is 1. The lowest BCUT2D eigenvalue weighted by Gasteiger charge is -2.26. The van der Waals surface area contributed by atoms with Crippen molar-refractivity contribution in [1.82, 2.24) is 10.2 Å². The predicted octanol–water partition coefficient (Wildman–Crippen LogP) is 1.37. The second-order valence-electron chi connectivity index (χ2n) is 5.69. The summed E-state index contributed by atoms with van der Waals surface area (Å²) in [6, 6.07) is 8.96. The van der Waals surface area contributed by atoms with Gasteiger partial charge in [-0.15, -0.1) is 0 Å². The Balaban J connectivity index is 1.65. The molecule has 2 heterocycles. The maximum absolute atomic E-state index is 12.5. The molecule has 2 fully saturated rings. The summed E-state index contributed by atoms with van der Waals surface area (Å²) in [4.78, 5) is 26.7. The topological polar surface area (TPSA) is 61.4 Å². The van der Waals surface area contributed by atoms with E-state index in [4.69, 9.17) is 0 Å². The van der Waals surface area contributed by atoms with E-state index in [-0.39, 0.29) is 23.9 Å². The zero-order chi connectivity index (χ0) is 14.7. The van der Waals surface area contributed by atoms with Crippen LogP contribution in [0, 0.1) is 0 Å². The molecule has 21 heavy (non-hydrogen) atoms. The standard InChI is InChI=1S/C16H21N3O2/c20-15(18-12-6-2-1-3-7-12)14-9-5-11-19(14)16(21)13-8-4-10-17-13/h1-3,6-7,13-14,17H,4-5,8-11H2,(H,18,20)/t13-,14+/m0/s1. The van der Waals surface area contributed by atoms with E-state index in [0.29, 0.717) is 6.54 Å². The van der Waals surface area contributed by atoms with Gasteiger partial charge in [-0.3, -0.25) is 9.59 Å². The Morgan fingerprint density at radius 1 is 1.14 bits per heavy atom. The highest BCUT2D eigenvalue weighted by Gasteiger charge is 2.37. The number of rotatable bonds is 3. The molecule has 2 aliphatic heterocycles. The first kappa shape index (κ1) is 14.1. The van der Waals surface area contributed by atoms with Gasteiger partial charge in [0.2, 0.25) is 11.8 Å². The molecule has 2 aliphatic rings. The van der Waals surface area contributed by atoms with Crippen LogP contribution in [0.2, 0.25) is 0 Å². The van der Waals surface area contributed by atoms with Crippen LogP contribution in [0.1, 0.15) is 25.7 Å². The molecule has 0 bridgehead atoms. The summed E-state index contributed by atoms with van der Waals surface area (Å²) < 4.78 is 0. The molecule has 3 rings (SSSR count). The van der Waals surface area contributed by atoms with Crippen molar-refractivity contribution >= 4 is 17.5 Å². The van der Waals surface area contributed by atoms with Crippen LogP contribution >= 0.6 is 0 Å². The minimum atomic E-state index is -0.333. The first-order chi connectivity index (χ1) is 10.3. The fourth-order valence-corrected chi connectivity index (χ4v) is 3.15. The third kappa shape index (κ3) is 3.08. The minimum absolute atomic E-state index is 0.0787. The second kappa shape index (κ2) is 6.26. The van der Waals surface area contributed by atoms with Crippen LogP contribution in [0.3, 0.4) is 0 Å². The van der Waals surface area contributed by atoms with Crippen LogP contribution < -0.4 is 10.6 Å². The van der Waals surface area contributed by atoms with Crippen molar-refractivity contribution < 1.29 is 9.59 Å². The average Bonchev–Trinajstić information content (AvgIpc) is 3.19. The lowest BCUT2D eigenvalue weighted by Crippen LogP contribution is -2.49. The largest absolute Gasteiger partial charge is 0.329 e. The van der Waals surface area contributed by atoms with Gasteiger partial charge < -0.3 is 15.5 Å². The molecule has 2 atom stereocenters. The number of carbonyl (C=O) groups excluding carboxylic acids is 2. The molecule has 2 N–H and O–H groups in total. The maximum Gasteiger partial charge on any atom is 0.247 e. The maximum atomic E-state index is 12.5. The van der Waals surface area contributed by atoms with E-state index in [2.05, 4.69) is 10.6 Å². The van der Waals surface area contributed by atoms with E-state index in [1.165, 1.54) is 0 Å². The van der Waals surface area contributed by atoms with Gasteiger partial charge in [0.05, 0.1) is 6.04 Å². The molecular weight excluding hydrogens is 266 g/mol. The number of anilines is 1. The Labute approximate surface area is 124 Å². The van der Waals surface area contributed by atoms with Gasteiger partial charge in [-0.1, -0.05) is 18.2 Å². The average molecular weight is 287 g/mol. The third-order valence-electron chi connectivity index (χ3n) is 4.24. The number of para-hydroxylation sites is 1. The van der Waals surface area contributed by atoms with Gasteiger partial charge in [-0.2, -0.15) is 0 Å². The zero-order valence-corrected chi connectivity index (χ0v) is 12.0. The van der Waals surface area contributed by atoms with Crippen LogP contribution in [-0.2, 0) is 9.59 Å². The van der Waals surface area contributed by atoms with Crippen LogP contribution in [-0.4, -0.2) is 41.9 Å². The molecule has 5 nitrogen and oxygen atoms in total. The number of nitrogens with zero attached hydrogens (tertiary/aromatic N) is 1.